The first kappa shape index (κ1) is 13.3. The van der Waals surface area contributed by atoms with Crippen LogP contribution in [0, 0.1) is 5.41 Å². The summed E-state index contributed by atoms with van der Waals surface area (Å²) in [5.41, 5.74) is 0.211. The largest absolute Gasteiger partial charge is 0.350 e. The summed E-state index contributed by atoms with van der Waals surface area (Å²) in [5, 5.41) is 0. The summed E-state index contributed by atoms with van der Waals surface area (Å²) in [6.07, 6.45) is 1.45. The summed E-state index contributed by atoms with van der Waals surface area (Å²) in [7, 11) is 0. The van der Waals surface area contributed by atoms with E-state index in [1.54, 1.807) is 11.0 Å². The van der Waals surface area contributed by atoms with E-state index in [0.29, 0.717) is 31.9 Å². The molecule has 108 valence electrons. The molecule has 0 radical (unpaired) electrons. The molecule has 0 aliphatic carbocycles. The van der Waals surface area contributed by atoms with E-state index in [-0.39, 0.29) is 16.9 Å². The van der Waals surface area contributed by atoms with Gasteiger partial charge in [0, 0.05) is 25.4 Å². The van der Waals surface area contributed by atoms with Gasteiger partial charge in [0.2, 0.25) is 5.56 Å². The number of aromatic amines is 1. The number of likely N-dealkylation sites (tertiary alicyclic amines) is 1. The Labute approximate surface area is 116 Å². The average Bonchev–Trinajstić information content (AvgIpc) is 2.37. The van der Waals surface area contributed by atoms with Crippen LogP contribution in [0.15, 0.2) is 23.1 Å². The van der Waals surface area contributed by atoms with Gasteiger partial charge < -0.3 is 19.4 Å². The standard InChI is InChI=1S/C14H18N2O4/c1-13(2)19-8-14(9-20-13)6-16(7-14)12(18)10-3-4-11(17)15-5-10/h3-5H,6-9H2,1-2H3,(H,15,17). The highest BCUT2D eigenvalue weighted by Gasteiger charge is 2.50. The lowest BCUT2D eigenvalue weighted by atomic mass is 9.80. The van der Waals surface area contributed by atoms with Crippen molar-refractivity contribution in [2.45, 2.75) is 19.6 Å². The molecular weight excluding hydrogens is 260 g/mol. The third-order valence-electron chi connectivity index (χ3n) is 3.82. The van der Waals surface area contributed by atoms with Gasteiger partial charge >= 0.3 is 0 Å². The van der Waals surface area contributed by atoms with Gasteiger partial charge in [-0.15, -0.1) is 0 Å². The summed E-state index contributed by atoms with van der Waals surface area (Å²) < 4.78 is 11.3. The molecule has 2 fully saturated rings. The van der Waals surface area contributed by atoms with E-state index in [9.17, 15) is 9.59 Å². The highest BCUT2D eigenvalue weighted by atomic mass is 16.7. The highest BCUT2D eigenvalue weighted by molar-refractivity contribution is 5.94. The van der Waals surface area contributed by atoms with Crippen LogP contribution < -0.4 is 5.56 Å². The maximum absolute atomic E-state index is 12.2. The molecule has 1 N–H and O–H groups in total. The summed E-state index contributed by atoms with van der Waals surface area (Å²) in [5.74, 6) is -0.606. The van der Waals surface area contributed by atoms with Crippen molar-refractivity contribution >= 4 is 5.91 Å². The molecule has 2 aliphatic rings. The van der Waals surface area contributed by atoms with E-state index in [1.807, 2.05) is 13.8 Å². The van der Waals surface area contributed by atoms with Crippen LogP contribution in [0.25, 0.3) is 0 Å². The molecule has 2 aliphatic heterocycles. The molecule has 1 aromatic rings. The van der Waals surface area contributed by atoms with Gasteiger partial charge in [0.05, 0.1) is 24.2 Å². The minimum Gasteiger partial charge on any atom is -0.350 e. The predicted molar refractivity (Wildman–Crippen MR) is 71.4 cm³/mol. The number of amides is 1. The molecule has 0 saturated carbocycles. The Bertz CT molecular complexity index is 555. The zero-order valence-electron chi connectivity index (χ0n) is 11.6. The van der Waals surface area contributed by atoms with Gasteiger partial charge in [0.1, 0.15) is 0 Å². The van der Waals surface area contributed by atoms with Crippen LogP contribution in [0.1, 0.15) is 24.2 Å². The predicted octanol–water partition coefficient (Wildman–Crippen LogP) is 0.600. The van der Waals surface area contributed by atoms with Gasteiger partial charge in [-0.1, -0.05) is 0 Å². The second-order valence-electron chi connectivity index (χ2n) is 6.08. The van der Waals surface area contributed by atoms with Crippen molar-refractivity contribution in [3.05, 3.63) is 34.2 Å². The van der Waals surface area contributed by atoms with Crippen LogP contribution in [-0.4, -0.2) is 47.9 Å². The first-order valence-electron chi connectivity index (χ1n) is 6.65. The number of nitrogens with one attached hydrogen (secondary N) is 1. The SMILES string of the molecule is CC1(C)OCC2(CO1)CN(C(=O)c1ccc(=O)[nH]c1)C2. The number of carbonyl (C=O) groups excluding carboxylic acids is 1. The summed E-state index contributed by atoms with van der Waals surface area (Å²) in [4.78, 5) is 27.5. The van der Waals surface area contributed by atoms with E-state index in [0.717, 1.165) is 0 Å². The van der Waals surface area contributed by atoms with Gasteiger partial charge in [-0.2, -0.15) is 0 Å². The second kappa shape index (κ2) is 4.43. The number of carbonyl (C=O) groups is 1. The molecular formula is C14H18N2O4. The van der Waals surface area contributed by atoms with Crippen LogP contribution >= 0.6 is 0 Å². The van der Waals surface area contributed by atoms with Crippen LogP contribution in [-0.2, 0) is 9.47 Å². The number of pyridine rings is 1. The fourth-order valence-corrected chi connectivity index (χ4v) is 2.55. The Morgan fingerprint density at radius 1 is 1.25 bits per heavy atom. The van der Waals surface area contributed by atoms with Crippen molar-refractivity contribution in [2.75, 3.05) is 26.3 Å². The topological polar surface area (TPSA) is 71.6 Å². The fourth-order valence-electron chi connectivity index (χ4n) is 2.55. The second-order valence-corrected chi connectivity index (χ2v) is 6.08. The quantitative estimate of drug-likeness (QED) is 0.816. The van der Waals surface area contributed by atoms with Crippen molar-refractivity contribution < 1.29 is 14.3 Å². The number of aromatic nitrogens is 1. The molecule has 0 aromatic carbocycles. The lowest BCUT2D eigenvalue weighted by Crippen LogP contribution is -2.65. The molecule has 20 heavy (non-hydrogen) atoms. The minimum atomic E-state index is -0.533. The van der Waals surface area contributed by atoms with Crippen LogP contribution in [0.3, 0.4) is 0 Å². The zero-order valence-corrected chi connectivity index (χ0v) is 11.6. The zero-order chi connectivity index (χ0) is 14.4. The molecule has 3 heterocycles. The maximum Gasteiger partial charge on any atom is 0.255 e. The highest BCUT2D eigenvalue weighted by Crippen LogP contribution is 2.38. The molecule has 6 nitrogen and oxygen atoms in total. The molecule has 0 bridgehead atoms. The van der Waals surface area contributed by atoms with E-state index in [2.05, 4.69) is 4.98 Å². The Kier molecular flexibility index (Phi) is 2.95. The molecule has 1 spiro atoms. The van der Waals surface area contributed by atoms with E-state index in [4.69, 9.17) is 9.47 Å². The van der Waals surface area contributed by atoms with Gasteiger partial charge in [-0.25, -0.2) is 0 Å². The van der Waals surface area contributed by atoms with Gasteiger partial charge in [-0.3, -0.25) is 9.59 Å². The Morgan fingerprint density at radius 3 is 2.45 bits per heavy atom. The van der Waals surface area contributed by atoms with Crippen LogP contribution in [0.5, 0.6) is 0 Å². The third kappa shape index (κ3) is 2.36. The third-order valence-corrected chi connectivity index (χ3v) is 3.82. The number of hydrogen-bond acceptors (Lipinski definition) is 4. The van der Waals surface area contributed by atoms with Crippen molar-refractivity contribution in [1.82, 2.24) is 9.88 Å². The molecule has 2 saturated heterocycles. The van der Waals surface area contributed by atoms with Crippen LogP contribution in [0.4, 0.5) is 0 Å². The number of H-pyrrole nitrogens is 1. The number of nitrogens with zero attached hydrogens (tertiary/aromatic N) is 1. The smallest absolute Gasteiger partial charge is 0.255 e. The minimum absolute atomic E-state index is 0.0725. The molecule has 0 unspecified atom stereocenters. The summed E-state index contributed by atoms with van der Waals surface area (Å²) in [6.45, 7) is 6.25. The Balaban J connectivity index is 1.62. The monoisotopic (exact) mass is 278 g/mol. The number of hydrogen-bond donors (Lipinski definition) is 1. The molecule has 6 heteroatoms. The normalized spacial score (nSPS) is 23.4. The fraction of sp³-hybridized carbons (Fsp3) is 0.571. The van der Waals surface area contributed by atoms with E-state index < -0.39 is 5.79 Å². The van der Waals surface area contributed by atoms with Crippen molar-refractivity contribution in [3.63, 3.8) is 0 Å². The average molecular weight is 278 g/mol. The number of rotatable bonds is 1. The lowest BCUT2D eigenvalue weighted by Gasteiger charge is -2.53. The van der Waals surface area contributed by atoms with E-state index in [1.165, 1.54) is 12.3 Å². The van der Waals surface area contributed by atoms with Crippen LogP contribution in [0.2, 0.25) is 0 Å². The first-order chi connectivity index (χ1) is 9.39. The molecule has 1 aromatic heterocycles. The molecule has 1 amide bonds. The van der Waals surface area contributed by atoms with Gasteiger partial charge in [0.25, 0.3) is 5.91 Å². The van der Waals surface area contributed by atoms with E-state index >= 15 is 0 Å². The van der Waals surface area contributed by atoms with Gasteiger partial charge in [-0.05, 0) is 19.9 Å². The first-order valence-corrected chi connectivity index (χ1v) is 6.65. The summed E-state index contributed by atoms with van der Waals surface area (Å²) in [6, 6.07) is 2.90. The lowest BCUT2D eigenvalue weighted by molar-refractivity contribution is -0.301. The van der Waals surface area contributed by atoms with Crippen molar-refractivity contribution in [1.29, 1.82) is 0 Å². The number of ether oxygens (including phenoxy) is 2. The molecule has 3 rings (SSSR count). The van der Waals surface area contributed by atoms with Crippen molar-refractivity contribution in [3.8, 4) is 0 Å². The van der Waals surface area contributed by atoms with Crippen molar-refractivity contribution in [2.24, 2.45) is 5.41 Å². The maximum atomic E-state index is 12.2. The molecule has 0 atom stereocenters. The van der Waals surface area contributed by atoms with Gasteiger partial charge in [0.15, 0.2) is 5.79 Å². The Hall–Kier alpha value is -1.66. The Morgan fingerprint density at radius 2 is 1.90 bits per heavy atom. The summed E-state index contributed by atoms with van der Waals surface area (Å²) >= 11 is 0.